The van der Waals surface area contributed by atoms with Gasteiger partial charge in [-0.1, -0.05) is 51.8 Å². The summed E-state index contributed by atoms with van der Waals surface area (Å²) in [5.41, 5.74) is 1.29. The molecule has 1 atom stereocenters. The monoisotopic (exact) mass is 429 g/mol. The summed E-state index contributed by atoms with van der Waals surface area (Å²) in [6.07, 6.45) is -4.16. The van der Waals surface area contributed by atoms with E-state index in [9.17, 15) is 18.3 Å². The van der Waals surface area contributed by atoms with E-state index in [2.05, 4.69) is 20.9 Å². The first kappa shape index (κ1) is 18.0. The predicted octanol–water partition coefficient (Wildman–Crippen LogP) is 6.35. The second-order valence-corrected chi connectivity index (χ2v) is 6.82. The van der Waals surface area contributed by atoms with Crippen LogP contribution in [0.3, 0.4) is 0 Å². The summed E-state index contributed by atoms with van der Waals surface area (Å²) < 4.78 is 40.0. The van der Waals surface area contributed by atoms with Gasteiger partial charge in [0.15, 0.2) is 6.10 Å². The van der Waals surface area contributed by atoms with Crippen molar-refractivity contribution in [2.75, 3.05) is 0 Å². The van der Waals surface area contributed by atoms with Crippen molar-refractivity contribution >= 4 is 50.6 Å². The maximum Gasteiger partial charge on any atom is 0.418 e. The molecule has 0 spiro atoms. The maximum absolute atomic E-state index is 13.1. The number of aliphatic hydroxyl groups excluding tert-OH is 1. The molecule has 3 aromatic rings. The van der Waals surface area contributed by atoms with Crippen LogP contribution in [-0.4, -0.2) is 16.3 Å². The lowest BCUT2D eigenvalue weighted by molar-refractivity contribution is -0.206. The van der Waals surface area contributed by atoms with Gasteiger partial charge in [0.2, 0.25) is 0 Å². The number of hydrogen-bond acceptors (Lipinski definition) is 1. The van der Waals surface area contributed by atoms with Crippen molar-refractivity contribution in [2.45, 2.75) is 12.3 Å². The van der Waals surface area contributed by atoms with Crippen LogP contribution in [0.15, 0.2) is 46.9 Å². The van der Waals surface area contributed by atoms with Crippen LogP contribution in [-0.2, 0) is 0 Å². The number of aromatic amines is 1. The number of nitrogens with one attached hydrogen (secondary N) is 1. The van der Waals surface area contributed by atoms with E-state index in [4.69, 9.17) is 11.6 Å². The molecular formula is C18H12BrClF3NO. The summed E-state index contributed by atoms with van der Waals surface area (Å²) in [5, 5.41) is 10.7. The highest BCUT2D eigenvalue weighted by Crippen LogP contribution is 2.39. The van der Waals surface area contributed by atoms with Crippen molar-refractivity contribution in [3.8, 4) is 0 Å². The van der Waals surface area contributed by atoms with E-state index in [-0.39, 0.29) is 11.3 Å². The zero-order chi connectivity index (χ0) is 18.2. The average Bonchev–Trinajstić information content (AvgIpc) is 2.89. The highest BCUT2D eigenvalue weighted by molar-refractivity contribution is 9.10. The molecule has 130 valence electrons. The lowest BCUT2D eigenvalue weighted by Crippen LogP contribution is -2.20. The number of aromatic nitrogens is 1. The molecule has 0 fully saturated rings. The van der Waals surface area contributed by atoms with Gasteiger partial charge in [0, 0.05) is 31.7 Å². The first-order chi connectivity index (χ1) is 11.8. The molecule has 1 heterocycles. The molecule has 0 bridgehead atoms. The summed E-state index contributed by atoms with van der Waals surface area (Å²) in [5.74, 6) is 0. The Morgan fingerprint density at radius 3 is 2.40 bits per heavy atom. The van der Waals surface area contributed by atoms with Gasteiger partial charge in [-0.25, -0.2) is 0 Å². The molecule has 0 aliphatic carbocycles. The molecule has 2 nitrogen and oxygen atoms in total. The fraction of sp³-hybridized carbons (Fsp3) is 0.111. The fourth-order valence-corrected chi connectivity index (χ4v) is 3.04. The van der Waals surface area contributed by atoms with Crippen molar-refractivity contribution in [1.82, 2.24) is 4.98 Å². The standard InChI is InChI=1S/C18H12BrClF3NO/c19-11-4-7-13-15(9-11)24-14(16(13)17(25)18(21,22)23)8-3-10-1-5-12(20)6-2-10/h1-9,17,24-25H. The summed E-state index contributed by atoms with van der Waals surface area (Å²) in [4.78, 5) is 2.94. The van der Waals surface area contributed by atoms with Gasteiger partial charge in [-0.2, -0.15) is 13.2 Å². The molecule has 0 saturated heterocycles. The Morgan fingerprint density at radius 2 is 1.76 bits per heavy atom. The first-order valence-electron chi connectivity index (χ1n) is 7.25. The number of rotatable bonds is 3. The van der Waals surface area contributed by atoms with Crippen LogP contribution in [0.2, 0.25) is 5.02 Å². The van der Waals surface area contributed by atoms with E-state index >= 15 is 0 Å². The Hall–Kier alpha value is -1.76. The maximum atomic E-state index is 13.1. The molecule has 0 saturated carbocycles. The number of fused-ring (bicyclic) bond motifs is 1. The Morgan fingerprint density at radius 1 is 1.08 bits per heavy atom. The minimum absolute atomic E-state index is 0.194. The van der Waals surface area contributed by atoms with E-state index < -0.39 is 12.3 Å². The predicted molar refractivity (Wildman–Crippen MR) is 97.4 cm³/mol. The van der Waals surface area contributed by atoms with Crippen molar-refractivity contribution < 1.29 is 18.3 Å². The Bertz CT molecular complexity index is 932. The van der Waals surface area contributed by atoms with Gasteiger partial charge in [0.05, 0.1) is 0 Å². The zero-order valence-electron chi connectivity index (χ0n) is 12.6. The van der Waals surface area contributed by atoms with Crippen LogP contribution < -0.4 is 0 Å². The SMILES string of the molecule is OC(c1c(C=Cc2ccc(Cl)cc2)[nH]c2cc(Br)ccc12)C(F)(F)F. The van der Waals surface area contributed by atoms with Gasteiger partial charge in [-0.15, -0.1) is 0 Å². The van der Waals surface area contributed by atoms with Crippen LogP contribution in [0.25, 0.3) is 23.1 Å². The normalized spacial score (nSPS) is 13.7. The topological polar surface area (TPSA) is 36.0 Å². The van der Waals surface area contributed by atoms with Crippen LogP contribution in [0.5, 0.6) is 0 Å². The van der Waals surface area contributed by atoms with Crippen LogP contribution in [0, 0.1) is 0 Å². The molecule has 0 radical (unpaired) electrons. The number of aliphatic hydroxyl groups is 1. The number of halogens is 5. The zero-order valence-corrected chi connectivity index (χ0v) is 15.0. The van der Waals surface area contributed by atoms with Gasteiger partial charge in [-0.3, -0.25) is 0 Å². The summed E-state index contributed by atoms with van der Waals surface area (Å²) >= 11 is 9.11. The van der Waals surface area contributed by atoms with Gasteiger partial charge in [-0.05, 0) is 35.9 Å². The third-order valence-electron chi connectivity index (χ3n) is 3.73. The second-order valence-electron chi connectivity index (χ2n) is 5.47. The van der Waals surface area contributed by atoms with Crippen molar-refractivity contribution in [3.05, 3.63) is 68.8 Å². The van der Waals surface area contributed by atoms with Crippen molar-refractivity contribution in [2.24, 2.45) is 0 Å². The summed E-state index contributed by atoms with van der Waals surface area (Å²) in [7, 11) is 0. The molecule has 0 aliphatic rings. The molecule has 1 unspecified atom stereocenters. The Kier molecular flexibility index (Phi) is 4.95. The van der Waals surface area contributed by atoms with Crippen molar-refractivity contribution in [1.29, 1.82) is 0 Å². The summed E-state index contributed by atoms with van der Waals surface area (Å²) in [6.45, 7) is 0. The van der Waals surface area contributed by atoms with Crippen LogP contribution >= 0.6 is 27.5 Å². The summed E-state index contributed by atoms with van der Waals surface area (Å²) in [6, 6.07) is 11.7. The highest BCUT2D eigenvalue weighted by atomic mass is 79.9. The van der Waals surface area contributed by atoms with Gasteiger partial charge >= 0.3 is 6.18 Å². The van der Waals surface area contributed by atoms with Crippen LogP contribution in [0.4, 0.5) is 13.2 Å². The number of benzene rings is 2. The first-order valence-corrected chi connectivity index (χ1v) is 8.42. The number of hydrogen-bond donors (Lipinski definition) is 2. The van der Waals surface area contributed by atoms with E-state index in [0.29, 0.717) is 15.9 Å². The average molecular weight is 431 g/mol. The van der Waals surface area contributed by atoms with E-state index in [1.807, 2.05) is 0 Å². The largest absolute Gasteiger partial charge is 0.418 e. The molecule has 25 heavy (non-hydrogen) atoms. The molecule has 3 rings (SSSR count). The molecule has 7 heteroatoms. The highest BCUT2D eigenvalue weighted by Gasteiger charge is 2.41. The Labute approximate surface area is 155 Å². The van der Waals surface area contributed by atoms with Gasteiger partial charge in [0.25, 0.3) is 0 Å². The molecular weight excluding hydrogens is 419 g/mol. The smallest absolute Gasteiger partial charge is 0.379 e. The minimum Gasteiger partial charge on any atom is -0.379 e. The quantitative estimate of drug-likeness (QED) is 0.499. The number of H-pyrrole nitrogens is 1. The molecule has 0 amide bonds. The van der Waals surface area contributed by atoms with Gasteiger partial charge < -0.3 is 10.1 Å². The third kappa shape index (κ3) is 3.92. The Balaban J connectivity index is 2.11. The minimum atomic E-state index is -4.76. The molecule has 2 aromatic carbocycles. The van der Waals surface area contributed by atoms with E-state index in [0.717, 1.165) is 10.0 Å². The van der Waals surface area contributed by atoms with Crippen molar-refractivity contribution in [3.63, 3.8) is 0 Å². The molecule has 1 aromatic heterocycles. The lowest BCUT2D eigenvalue weighted by atomic mass is 10.0. The number of alkyl halides is 3. The second kappa shape index (κ2) is 6.86. The lowest BCUT2D eigenvalue weighted by Gasteiger charge is -2.15. The third-order valence-corrected chi connectivity index (χ3v) is 4.47. The van der Waals surface area contributed by atoms with E-state index in [1.54, 1.807) is 48.5 Å². The molecule has 2 N–H and O–H groups in total. The van der Waals surface area contributed by atoms with E-state index in [1.165, 1.54) is 6.08 Å². The molecule has 0 aliphatic heterocycles. The fourth-order valence-electron chi connectivity index (χ4n) is 2.56. The van der Waals surface area contributed by atoms with Crippen LogP contribution in [0.1, 0.15) is 22.9 Å². The van der Waals surface area contributed by atoms with Gasteiger partial charge in [0.1, 0.15) is 0 Å².